The van der Waals surface area contributed by atoms with Gasteiger partial charge in [0.1, 0.15) is 0 Å². The Hall–Kier alpha value is -2.74. The monoisotopic (exact) mass is 443 g/mol. The molecule has 2 nitrogen and oxygen atoms in total. The van der Waals surface area contributed by atoms with E-state index in [1.807, 2.05) is 48.5 Å². The van der Waals surface area contributed by atoms with Gasteiger partial charge < -0.3 is 0 Å². The van der Waals surface area contributed by atoms with E-state index in [0.717, 1.165) is 4.90 Å². The lowest BCUT2D eigenvalue weighted by Crippen LogP contribution is -2.23. The van der Waals surface area contributed by atoms with Crippen LogP contribution in [0.5, 0.6) is 0 Å². The molecule has 0 aliphatic heterocycles. The van der Waals surface area contributed by atoms with Crippen LogP contribution in [0, 0.1) is 0 Å². The third-order valence-corrected chi connectivity index (χ3v) is 10.8. The van der Waals surface area contributed by atoms with Crippen LogP contribution in [0.1, 0.15) is 11.2 Å². The molecule has 0 N–H and O–H groups in total. The first-order chi connectivity index (χ1) is 15.2. The van der Waals surface area contributed by atoms with E-state index in [-0.39, 0.29) is 5.66 Å². The smallest absolute Gasteiger partial charge is 0.0759 e. The van der Waals surface area contributed by atoms with Crippen LogP contribution in [0.15, 0.2) is 131 Å². The van der Waals surface area contributed by atoms with E-state index in [1.165, 1.54) is 16.2 Å². The van der Waals surface area contributed by atoms with Crippen LogP contribution in [-0.2, 0) is 9.73 Å². The molecule has 2 atom stereocenters. The van der Waals surface area contributed by atoms with Crippen molar-refractivity contribution in [1.29, 1.82) is 0 Å². The Morgan fingerprint density at radius 1 is 0.677 bits per heavy atom. The van der Waals surface area contributed by atoms with Crippen molar-refractivity contribution in [2.24, 2.45) is 4.36 Å². The average Bonchev–Trinajstić information content (AvgIpc) is 2.86. The van der Waals surface area contributed by atoms with E-state index in [9.17, 15) is 4.21 Å². The molecule has 0 amide bonds. The molecule has 0 saturated heterocycles. The third kappa shape index (κ3) is 4.95. The molecule has 156 valence electrons. The highest BCUT2D eigenvalue weighted by Gasteiger charge is 2.30. The first kappa shape index (κ1) is 21.5. The predicted molar refractivity (Wildman–Crippen MR) is 134 cm³/mol. The summed E-state index contributed by atoms with van der Waals surface area (Å²) in [4.78, 5) is 0.800. The van der Waals surface area contributed by atoms with Crippen molar-refractivity contribution in [2.45, 2.75) is 10.6 Å². The Morgan fingerprint density at radius 2 is 1.10 bits per heavy atom. The predicted octanol–water partition coefficient (Wildman–Crippen LogP) is 6.02. The van der Waals surface area contributed by atoms with E-state index in [0.29, 0.717) is 5.75 Å². The van der Waals surface area contributed by atoms with Crippen LogP contribution in [0.2, 0.25) is 0 Å². The standard InChI is InChI=1S/C27H26NOPS/c1-28-31(29,26-20-12-5-13-21-26)22-27(23-14-6-2-7-15-23)30(24-16-8-3-9-17-24)25-18-10-4-11-19-25/h2-21,27H,22H2,1H3/t27-,31?/m0/s1. The Bertz CT molecular complexity index is 1170. The molecule has 0 aliphatic carbocycles. The van der Waals surface area contributed by atoms with E-state index in [4.69, 9.17) is 0 Å². The quantitative estimate of drug-likeness (QED) is 0.321. The summed E-state index contributed by atoms with van der Waals surface area (Å²) in [5.41, 5.74) is 1.27. The Balaban J connectivity index is 1.89. The van der Waals surface area contributed by atoms with E-state index >= 15 is 0 Å². The Labute approximate surface area is 186 Å². The molecule has 0 aromatic heterocycles. The number of hydrogen-bond acceptors (Lipinski definition) is 2. The van der Waals surface area contributed by atoms with E-state index < -0.39 is 17.7 Å². The molecule has 0 radical (unpaired) electrons. The number of rotatable bonds is 7. The maximum atomic E-state index is 14.2. The normalized spacial score (nSPS) is 14.0. The molecule has 4 aromatic carbocycles. The summed E-state index contributed by atoms with van der Waals surface area (Å²) < 4.78 is 18.6. The minimum atomic E-state index is -2.57. The average molecular weight is 444 g/mol. The Kier molecular flexibility index (Phi) is 6.96. The van der Waals surface area contributed by atoms with Gasteiger partial charge >= 0.3 is 0 Å². The van der Waals surface area contributed by atoms with Gasteiger partial charge in [0, 0.05) is 23.4 Å². The van der Waals surface area contributed by atoms with Crippen molar-refractivity contribution in [3.63, 3.8) is 0 Å². The summed E-state index contributed by atoms with van der Waals surface area (Å²) in [6, 6.07) is 41.4. The fourth-order valence-electron chi connectivity index (χ4n) is 3.80. The summed E-state index contributed by atoms with van der Waals surface area (Å²) in [5.74, 6) is 0.479. The largest absolute Gasteiger partial charge is 0.245 e. The molecule has 0 fully saturated rings. The van der Waals surface area contributed by atoms with Gasteiger partial charge in [-0.25, -0.2) is 8.57 Å². The summed E-state index contributed by atoms with van der Waals surface area (Å²) in [5, 5.41) is 2.56. The van der Waals surface area contributed by atoms with Gasteiger partial charge in [-0.05, 0) is 36.2 Å². The zero-order valence-electron chi connectivity index (χ0n) is 17.5. The molecular formula is C27H26NOPS. The van der Waals surface area contributed by atoms with Crippen molar-refractivity contribution >= 4 is 28.3 Å². The fraction of sp³-hybridized carbons (Fsp3) is 0.111. The molecule has 1 unspecified atom stereocenters. The number of benzene rings is 4. The van der Waals surface area contributed by atoms with Crippen molar-refractivity contribution < 1.29 is 4.21 Å². The van der Waals surface area contributed by atoms with Crippen molar-refractivity contribution in [3.05, 3.63) is 127 Å². The van der Waals surface area contributed by atoms with Crippen molar-refractivity contribution in [2.75, 3.05) is 12.8 Å². The molecule has 0 spiro atoms. The second-order valence-electron chi connectivity index (χ2n) is 7.27. The topological polar surface area (TPSA) is 29.4 Å². The fourth-order valence-corrected chi connectivity index (χ4v) is 9.24. The van der Waals surface area contributed by atoms with Gasteiger partial charge in [-0.3, -0.25) is 0 Å². The van der Waals surface area contributed by atoms with Gasteiger partial charge in [-0.1, -0.05) is 109 Å². The highest BCUT2D eigenvalue weighted by Crippen LogP contribution is 2.50. The van der Waals surface area contributed by atoms with E-state index in [2.05, 4.69) is 77.2 Å². The van der Waals surface area contributed by atoms with Crippen LogP contribution >= 0.6 is 7.92 Å². The first-order valence-corrected chi connectivity index (χ1v) is 13.4. The van der Waals surface area contributed by atoms with Gasteiger partial charge in [0.15, 0.2) is 0 Å². The van der Waals surface area contributed by atoms with E-state index in [1.54, 1.807) is 7.05 Å². The second-order valence-corrected chi connectivity index (χ2v) is 12.1. The molecule has 0 saturated carbocycles. The maximum Gasteiger partial charge on any atom is 0.0759 e. The Morgan fingerprint density at radius 3 is 1.55 bits per heavy atom. The van der Waals surface area contributed by atoms with Crippen LogP contribution < -0.4 is 10.6 Å². The van der Waals surface area contributed by atoms with Crippen molar-refractivity contribution in [3.8, 4) is 0 Å². The molecule has 0 heterocycles. The van der Waals surface area contributed by atoms with Gasteiger partial charge in [-0.2, -0.15) is 0 Å². The van der Waals surface area contributed by atoms with Crippen LogP contribution in [0.3, 0.4) is 0 Å². The van der Waals surface area contributed by atoms with Gasteiger partial charge in [0.25, 0.3) is 0 Å². The third-order valence-electron chi connectivity index (χ3n) is 5.35. The minimum absolute atomic E-state index is 0.0670. The molecular weight excluding hydrogens is 417 g/mol. The molecule has 4 aromatic rings. The zero-order chi connectivity index (χ0) is 21.5. The van der Waals surface area contributed by atoms with Crippen LogP contribution in [-0.4, -0.2) is 17.0 Å². The van der Waals surface area contributed by atoms with Crippen molar-refractivity contribution in [1.82, 2.24) is 0 Å². The van der Waals surface area contributed by atoms with Crippen LogP contribution in [0.25, 0.3) is 0 Å². The molecule has 0 bridgehead atoms. The first-order valence-electron chi connectivity index (χ1n) is 10.3. The molecule has 4 heteroatoms. The van der Waals surface area contributed by atoms with Gasteiger partial charge in [0.2, 0.25) is 0 Å². The number of hydrogen-bond donors (Lipinski definition) is 0. The highest BCUT2D eigenvalue weighted by atomic mass is 32.2. The maximum absolute atomic E-state index is 14.2. The lowest BCUT2D eigenvalue weighted by Gasteiger charge is -2.30. The summed E-state index contributed by atoms with van der Waals surface area (Å²) >= 11 is 0. The van der Waals surface area contributed by atoms with Gasteiger partial charge in [0.05, 0.1) is 9.73 Å². The van der Waals surface area contributed by atoms with Crippen LogP contribution in [0.4, 0.5) is 0 Å². The zero-order valence-corrected chi connectivity index (χ0v) is 19.3. The van der Waals surface area contributed by atoms with Gasteiger partial charge in [-0.15, -0.1) is 0 Å². The highest BCUT2D eigenvalue weighted by molar-refractivity contribution is 7.94. The summed E-state index contributed by atoms with van der Waals surface area (Å²) in [6.07, 6.45) is 0. The SMILES string of the molecule is CN=S(=O)(C[C@@H](c1ccccc1)P(c1ccccc1)c1ccccc1)c1ccccc1. The second kappa shape index (κ2) is 10.0. The summed E-state index contributed by atoms with van der Waals surface area (Å²) in [7, 11) is -1.68. The number of nitrogens with zero attached hydrogens (tertiary/aromatic N) is 1. The molecule has 4 rings (SSSR count). The lowest BCUT2D eigenvalue weighted by atomic mass is 10.2. The lowest BCUT2D eigenvalue weighted by molar-refractivity contribution is 0.674. The summed E-state index contributed by atoms with van der Waals surface area (Å²) in [6.45, 7) is 0. The molecule has 31 heavy (non-hydrogen) atoms. The molecule has 0 aliphatic rings. The minimum Gasteiger partial charge on any atom is -0.245 e.